The Kier molecular flexibility index (Phi) is 13.6. The van der Waals surface area contributed by atoms with Gasteiger partial charge in [0.05, 0.1) is 26.2 Å². The van der Waals surface area contributed by atoms with Gasteiger partial charge in [-0.25, -0.2) is 0 Å². The van der Waals surface area contributed by atoms with Crippen molar-refractivity contribution in [2.24, 2.45) is 10.8 Å². The van der Waals surface area contributed by atoms with Crippen LogP contribution in [0.5, 0.6) is 0 Å². The molecule has 0 radical (unpaired) electrons. The average molecular weight is 428 g/mol. The number of Topliss-reactive ketones (excluding diaryl/α,β-unsaturated/α-hetero) is 3. The zero-order chi connectivity index (χ0) is 23.2. The summed E-state index contributed by atoms with van der Waals surface area (Å²) >= 11 is 0. The second-order valence-electron chi connectivity index (χ2n) is 9.59. The first-order chi connectivity index (χ1) is 13.8. The van der Waals surface area contributed by atoms with E-state index in [1.54, 1.807) is 20.8 Å². The van der Waals surface area contributed by atoms with Gasteiger partial charge >= 0.3 is 0 Å². The first-order valence-corrected chi connectivity index (χ1v) is 10.8. The van der Waals surface area contributed by atoms with Crippen LogP contribution in [0.15, 0.2) is 0 Å². The monoisotopic (exact) mass is 427 g/mol. The summed E-state index contributed by atoms with van der Waals surface area (Å²) in [7, 11) is 0. The Bertz CT molecular complexity index is 557. The lowest BCUT2D eigenvalue weighted by Crippen LogP contribution is -2.32. The van der Waals surface area contributed by atoms with E-state index >= 15 is 0 Å². The Morgan fingerprint density at radius 3 is 1.77 bits per heavy atom. The molecule has 1 amide bonds. The summed E-state index contributed by atoms with van der Waals surface area (Å²) in [6.07, 6.45) is 2.52. The molecule has 0 aromatic heterocycles. The van der Waals surface area contributed by atoms with Gasteiger partial charge in [-0.3, -0.25) is 19.2 Å². The summed E-state index contributed by atoms with van der Waals surface area (Å²) in [6.45, 7) is 13.1. The van der Waals surface area contributed by atoms with E-state index < -0.39 is 5.41 Å². The molecule has 0 saturated carbocycles. The highest BCUT2D eigenvalue weighted by Gasteiger charge is 2.23. The van der Waals surface area contributed by atoms with Gasteiger partial charge in [0.25, 0.3) is 0 Å². The summed E-state index contributed by atoms with van der Waals surface area (Å²) in [5, 5.41) is 2.66. The fourth-order valence-electron chi connectivity index (χ4n) is 2.38. The molecule has 174 valence electrons. The van der Waals surface area contributed by atoms with Crippen molar-refractivity contribution in [2.75, 3.05) is 33.0 Å². The molecule has 0 aliphatic rings. The van der Waals surface area contributed by atoms with Gasteiger partial charge < -0.3 is 14.8 Å². The zero-order valence-corrected chi connectivity index (χ0v) is 19.7. The molecule has 0 aromatic carbocycles. The molecule has 0 aromatic rings. The number of rotatable bonds is 16. The lowest BCUT2D eigenvalue weighted by atomic mass is 9.87. The van der Waals surface area contributed by atoms with E-state index in [0.717, 1.165) is 0 Å². The molecule has 7 nitrogen and oxygen atoms in total. The number of carbonyl (C=O) groups excluding carboxylic acids is 4. The van der Waals surface area contributed by atoms with Crippen LogP contribution in [0.1, 0.15) is 80.1 Å². The molecule has 0 heterocycles. The molecule has 0 rings (SSSR count). The number of nitrogens with one attached hydrogen (secondary N) is 1. The van der Waals surface area contributed by atoms with Gasteiger partial charge in [0.2, 0.25) is 5.91 Å². The summed E-state index contributed by atoms with van der Waals surface area (Å²) < 4.78 is 10.8. The molecule has 0 fully saturated rings. The molecular formula is C23H41NO6. The third-order valence-electron chi connectivity index (χ3n) is 4.54. The highest BCUT2D eigenvalue weighted by atomic mass is 16.5. The van der Waals surface area contributed by atoms with Crippen molar-refractivity contribution in [3.05, 3.63) is 0 Å². The van der Waals surface area contributed by atoms with Gasteiger partial charge in [0, 0.05) is 43.2 Å². The van der Waals surface area contributed by atoms with Crippen molar-refractivity contribution in [1.29, 1.82) is 0 Å². The molecule has 1 N–H and O–H groups in total. The molecule has 0 aliphatic heterocycles. The van der Waals surface area contributed by atoms with Gasteiger partial charge in [-0.2, -0.15) is 0 Å². The molecule has 0 saturated heterocycles. The van der Waals surface area contributed by atoms with Crippen molar-refractivity contribution in [1.82, 2.24) is 5.32 Å². The largest absolute Gasteiger partial charge is 0.379 e. The topological polar surface area (TPSA) is 98.8 Å². The van der Waals surface area contributed by atoms with E-state index in [2.05, 4.69) is 5.32 Å². The maximum atomic E-state index is 11.8. The highest BCUT2D eigenvalue weighted by Crippen LogP contribution is 2.18. The van der Waals surface area contributed by atoms with Crippen LogP contribution >= 0.6 is 0 Å². The fourth-order valence-corrected chi connectivity index (χ4v) is 2.38. The summed E-state index contributed by atoms with van der Waals surface area (Å²) in [4.78, 5) is 47.0. The van der Waals surface area contributed by atoms with Crippen LogP contribution in [0.2, 0.25) is 0 Å². The molecule has 30 heavy (non-hydrogen) atoms. The Labute approximate surface area is 181 Å². The number of carbonyl (C=O) groups is 4. The molecule has 0 spiro atoms. The standard InChI is InChI=1S/C23H41NO6/c1-22(2,3)19(26)11-7-9-18(25)10-8-13-29-15-16-30-14-12-24-21(28)17-20(27)23(4,5)6/h7-17H2,1-6H3,(H,24,28). The van der Waals surface area contributed by atoms with Crippen molar-refractivity contribution in [3.8, 4) is 0 Å². The fraction of sp³-hybridized carbons (Fsp3) is 0.826. The Morgan fingerprint density at radius 2 is 1.20 bits per heavy atom. The van der Waals surface area contributed by atoms with Crippen LogP contribution in [-0.2, 0) is 28.7 Å². The van der Waals surface area contributed by atoms with Crippen LogP contribution < -0.4 is 5.32 Å². The second-order valence-corrected chi connectivity index (χ2v) is 9.59. The van der Waals surface area contributed by atoms with E-state index in [1.807, 2.05) is 20.8 Å². The van der Waals surface area contributed by atoms with Gasteiger partial charge in [-0.1, -0.05) is 41.5 Å². The Hall–Kier alpha value is -1.60. The van der Waals surface area contributed by atoms with Crippen LogP contribution in [0.25, 0.3) is 0 Å². The summed E-state index contributed by atoms with van der Waals surface area (Å²) in [5.74, 6) is -0.0257. The van der Waals surface area contributed by atoms with Gasteiger partial charge in [0.1, 0.15) is 17.3 Å². The number of hydrogen-bond donors (Lipinski definition) is 1. The predicted molar refractivity (Wildman–Crippen MR) is 116 cm³/mol. The molecule has 7 heteroatoms. The molecular weight excluding hydrogens is 386 g/mol. The van der Waals surface area contributed by atoms with Crippen molar-refractivity contribution in [2.45, 2.75) is 80.1 Å². The first-order valence-electron chi connectivity index (χ1n) is 10.8. The second kappa shape index (κ2) is 14.4. The number of hydrogen-bond acceptors (Lipinski definition) is 6. The normalized spacial score (nSPS) is 11.9. The third kappa shape index (κ3) is 15.3. The minimum atomic E-state index is -0.513. The van der Waals surface area contributed by atoms with E-state index in [9.17, 15) is 19.2 Å². The number of ketones is 3. The molecule has 0 aliphatic carbocycles. The Balaban J connectivity index is 3.52. The van der Waals surface area contributed by atoms with Crippen molar-refractivity contribution < 1.29 is 28.7 Å². The Morgan fingerprint density at radius 1 is 0.667 bits per heavy atom. The minimum Gasteiger partial charge on any atom is -0.379 e. The van der Waals surface area contributed by atoms with E-state index in [4.69, 9.17) is 9.47 Å². The molecule has 0 bridgehead atoms. The van der Waals surface area contributed by atoms with Crippen molar-refractivity contribution >= 4 is 23.3 Å². The lowest BCUT2D eigenvalue weighted by molar-refractivity contribution is -0.133. The zero-order valence-electron chi connectivity index (χ0n) is 19.7. The molecule has 0 unspecified atom stereocenters. The van der Waals surface area contributed by atoms with E-state index in [-0.39, 0.29) is 35.1 Å². The highest BCUT2D eigenvalue weighted by molar-refractivity contribution is 6.00. The predicted octanol–water partition coefficient (Wildman–Crippen LogP) is 3.28. The average Bonchev–Trinajstić information content (AvgIpc) is 2.61. The SMILES string of the molecule is CC(C)(C)C(=O)CCCC(=O)CCCOCCOCCNC(=O)CC(=O)C(C)(C)C. The summed E-state index contributed by atoms with van der Waals surface area (Å²) in [6, 6.07) is 0. The van der Waals surface area contributed by atoms with Gasteiger partial charge in [-0.05, 0) is 12.8 Å². The summed E-state index contributed by atoms with van der Waals surface area (Å²) in [5.41, 5.74) is -0.850. The van der Waals surface area contributed by atoms with E-state index in [0.29, 0.717) is 65.1 Å². The van der Waals surface area contributed by atoms with Gasteiger partial charge in [-0.15, -0.1) is 0 Å². The van der Waals surface area contributed by atoms with Crippen LogP contribution in [0.3, 0.4) is 0 Å². The van der Waals surface area contributed by atoms with Crippen LogP contribution in [0, 0.1) is 10.8 Å². The smallest absolute Gasteiger partial charge is 0.227 e. The maximum absolute atomic E-state index is 11.8. The van der Waals surface area contributed by atoms with Crippen LogP contribution in [-0.4, -0.2) is 56.2 Å². The molecule has 0 atom stereocenters. The first kappa shape index (κ1) is 28.4. The van der Waals surface area contributed by atoms with Gasteiger partial charge in [0.15, 0.2) is 0 Å². The quantitative estimate of drug-likeness (QED) is 0.300. The third-order valence-corrected chi connectivity index (χ3v) is 4.54. The number of amides is 1. The minimum absolute atomic E-state index is 0.0915. The van der Waals surface area contributed by atoms with Crippen molar-refractivity contribution in [3.63, 3.8) is 0 Å². The maximum Gasteiger partial charge on any atom is 0.227 e. The number of ether oxygens (including phenoxy) is 2. The van der Waals surface area contributed by atoms with Crippen LogP contribution in [0.4, 0.5) is 0 Å². The lowest BCUT2D eigenvalue weighted by Gasteiger charge is -2.16. The van der Waals surface area contributed by atoms with E-state index in [1.165, 1.54) is 0 Å².